The maximum Gasteiger partial charge on any atom is 0.119 e. The van der Waals surface area contributed by atoms with E-state index in [-0.39, 0.29) is 17.9 Å². The first kappa shape index (κ1) is 25.5. The molecular formula is C33H36NO3. The summed E-state index contributed by atoms with van der Waals surface area (Å²) >= 11 is 0. The van der Waals surface area contributed by atoms with Gasteiger partial charge in [-0.3, -0.25) is 0 Å². The zero-order valence-corrected chi connectivity index (χ0v) is 21.4. The summed E-state index contributed by atoms with van der Waals surface area (Å²) in [5, 5.41) is 5.99. The highest BCUT2D eigenvalue weighted by Gasteiger charge is 2.32. The Hall–Kier alpha value is -3.18. The van der Waals surface area contributed by atoms with Crippen LogP contribution in [0.15, 0.2) is 97.1 Å². The molecule has 1 heterocycles. The lowest BCUT2D eigenvalue weighted by Crippen LogP contribution is -2.45. The van der Waals surface area contributed by atoms with Gasteiger partial charge in [0.15, 0.2) is 0 Å². The van der Waals surface area contributed by atoms with Crippen LogP contribution in [-0.4, -0.2) is 32.4 Å². The average Bonchev–Trinajstić information content (AvgIpc) is 2.95. The topological polar surface area (TPSA) is 39.7 Å². The highest BCUT2D eigenvalue weighted by Crippen LogP contribution is 2.33. The van der Waals surface area contributed by atoms with Gasteiger partial charge in [0.1, 0.15) is 5.75 Å². The van der Waals surface area contributed by atoms with Crippen LogP contribution in [0.1, 0.15) is 29.0 Å². The van der Waals surface area contributed by atoms with Gasteiger partial charge in [0.25, 0.3) is 0 Å². The summed E-state index contributed by atoms with van der Waals surface area (Å²) in [4.78, 5) is 0. The van der Waals surface area contributed by atoms with Crippen molar-refractivity contribution in [3.63, 3.8) is 0 Å². The molecule has 4 aromatic carbocycles. The minimum atomic E-state index is 0.0660. The lowest BCUT2D eigenvalue weighted by atomic mass is 9.80. The molecule has 1 saturated heterocycles. The molecule has 3 unspecified atom stereocenters. The van der Waals surface area contributed by atoms with Crippen LogP contribution in [0.5, 0.6) is 5.75 Å². The van der Waals surface area contributed by atoms with Gasteiger partial charge in [-0.1, -0.05) is 78.9 Å². The summed E-state index contributed by atoms with van der Waals surface area (Å²) in [6.45, 7) is 8.70. The van der Waals surface area contributed by atoms with E-state index in [0.29, 0.717) is 26.4 Å². The molecule has 1 N–H and O–H groups in total. The highest BCUT2D eigenvalue weighted by molar-refractivity contribution is 5.82. The molecule has 4 nitrogen and oxygen atoms in total. The minimum absolute atomic E-state index is 0.0660. The number of rotatable bonds is 11. The van der Waals surface area contributed by atoms with Crippen molar-refractivity contribution < 1.29 is 14.2 Å². The maximum absolute atomic E-state index is 6.47. The Morgan fingerprint density at radius 2 is 1.51 bits per heavy atom. The molecule has 1 aliphatic heterocycles. The predicted octanol–water partition coefficient (Wildman–Crippen LogP) is 6.55. The largest absolute Gasteiger partial charge is 0.494 e. The number of fused-ring (bicyclic) bond motifs is 1. The molecule has 0 aromatic heterocycles. The van der Waals surface area contributed by atoms with Crippen LogP contribution in [0.25, 0.3) is 10.8 Å². The quantitative estimate of drug-likeness (QED) is 0.240. The van der Waals surface area contributed by atoms with Crippen molar-refractivity contribution in [1.29, 1.82) is 0 Å². The fourth-order valence-corrected chi connectivity index (χ4v) is 5.05. The van der Waals surface area contributed by atoms with E-state index < -0.39 is 0 Å². The number of nitrogens with one attached hydrogen (secondary N) is 1. The Morgan fingerprint density at radius 1 is 0.730 bits per heavy atom. The Labute approximate surface area is 220 Å². The van der Waals surface area contributed by atoms with E-state index in [2.05, 4.69) is 91.1 Å². The van der Waals surface area contributed by atoms with Gasteiger partial charge in [-0.25, -0.2) is 0 Å². The molecule has 4 aromatic rings. The van der Waals surface area contributed by atoms with E-state index in [1.165, 1.54) is 27.5 Å². The van der Waals surface area contributed by atoms with E-state index in [4.69, 9.17) is 14.2 Å². The van der Waals surface area contributed by atoms with E-state index in [0.717, 1.165) is 25.3 Å². The second kappa shape index (κ2) is 12.9. The van der Waals surface area contributed by atoms with Crippen molar-refractivity contribution in [3.8, 4) is 5.75 Å². The average molecular weight is 495 g/mol. The lowest BCUT2D eigenvalue weighted by molar-refractivity contribution is 0.000137. The van der Waals surface area contributed by atoms with Crippen molar-refractivity contribution in [2.24, 2.45) is 5.92 Å². The molecule has 0 amide bonds. The Balaban J connectivity index is 1.12. The smallest absolute Gasteiger partial charge is 0.119 e. The highest BCUT2D eigenvalue weighted by atomic mass is 16.5. The molecule has 5 rings (SSSR count). The molecule has 1 radical (unpaired) electrons. The Morgan fingerprint density at radius 3 is 2.35 bits per heavy atom. The van der Waals surface area contributed by atoms with Crippen LogP contribution in [0.3, 0.4) is 0 Å². The van der Waals surface area contributed by atoms with E-state index in [9.17, 15) is 0 Å². The summed E-state index contributed by atoms with van der Waals surface area (Å²) < 4.78 is 18.2. The van der Waals surface area contributed by atoms with Gasteiger partial charge < -0.3 is 19.5 Å². The molecule has 191 valence electrons. The third kappa shape index (κ3) is 6.98. The van der Waals surface area contributed by atoms with Gasteiger partial charge in [-0.05, 0) is 65.0 Å². The van der Waals surface area contributed by atoms with Gasteiger partial charge in [-0.15, -0.1) is 0 Å². The van der Waals surface area contributed by atoms with Crippen molar-refractivity contribution >= 4 is 10.8 Å². The fourth-order valence-electron chi connectivity index (χ4n) is 5.05. The predicted molar refractivity (Wildman–Crippen MR) is 150 cm³/mol. The fraction of sp³-hybridized carbons (Fsp3) is 0.303. The van der Waals surface area contributed by atoms with Gasteiger partial charge in [-0.2, -0.15) is 0 Å². The van der Waals surface area contributed by atoms with Crippen molar-refractivity contribution in [1.82, 2.24) is 5.32 Å². The third-order valence-corrected chi connectivity index (χ3v) is 7.02. The standard InChI is InChI=1S/C33H36NO3/c1-25-21-34-22-32(37-24-27-12-13-28-10-5-6-11-30(28)20-27)33(25)29-14-16-31(17-15-29)36-19-7-18-35-23-26-8-3-2-4-9-26/h2-6,8-17,20,25,32-34H,1,7,18-19,21-24H2. The van der Waals surface area contributed by atoms with Crippen LogP contribution < -0.4 is 10.1 Å². The van der Waals surface area contributed by atoms with Gasteiger partial charge in [0.2, 0.25) is 0 Å². The summed E-state index contributed by atoms with van der Waals surface area (Å²) in [6.07, 6.45) is 0.922. The number of benzene rings is 4. The van der Waals surface area contributed by atoms with Gasteiger partial charge in [0, 0.05) is 18.9 Å². The first-order valence-corrected chi connectivity index (χ1v) is 13.2. The molecular weight excluding hydrogens is 458 g/mol. The third-order valence-electron chi connectivity index (χ3n) is 7.02. The van der Waals surface area contributed by atoms with Crippen LogP contribution >= 0.6 is 0 Å². The van der Waals surface area contributed by atoms with E-state index in [1.807, 2.05) is 18.2 Å². The zero-order valence-electron chi connectivity index (χ0n) is 21.4. The first-order valence-electron chi connectivity index (χ1n) is 13.2. The summed E-state index contributed by atoms with van der Waals surface area (Å²) in [5.74, 6) is 1.36. The van der Waals surface area contributed by atoms with E-state index in [1.54, 1.807) is 0 Å². The molecule has 0 spiro atoms. The number of piperidine rings is 1. The van der Waals surface area contributed by atoms with Crippen molar-refractivity contribution in [3.05, 3.63) is 121 Å². The van der Waals surface area contributed by atoms with Crippen LogP contribution in [0.2, 0.25) is 0 Å². The second-order valence-corrected chi connectivity index (χ2v) is 9.78. The summed E-state index contributed by atoms with van der Waals surface area (Å²) in [5.41, 5.74) is 3.64. The van der Waals surface area contributed by atoms with Crippen LogP contribution in [0, 0.1) is 12.8 Å². The Kier molecular flexibility index (Phi) is 8.86. The van der Waals surface area contributed by atoms with Gasteiger partial charge in [0.05, 0.1) is 32.5 Å². The minimum Gasteiger partial charge on any atom is -0.494 e. The zero-order chi connectivity index (χ0) is 25.3. The molecule has 0 bridgehead atoms. The number of hydrogen-bond acceptors (Lipinski definition) is 4. The number of ether oxygens (including phenoxy) is 3. The molecule has 1 fully saturated rings. The van der Waals surface area contributed by atoms with E-state index >= 15 is 0 Å². The SMILES string of the molecule is [CH2]C1CNCC(OCc2ccc3ccccc3c2)C1c1ccc(OCCCOCc2ccccc2)cc1. The number of hydrogen-bond donors (Lipinski definition) is 1. The Bertz CT molecular complexity index is 1240. The van der Waals surface area contributed by atoms with Crippen LogP contribution in [-0.2, 0) is 22.7 Å². The molecule has 0 saturated carbocycles. The van der Waals surface area contributed by atoms with Crippen molar-refractivity contribution in [2.45, 2.75) is 31.7 Å². The molecule has 4 heteroatoms. The molecule has 0 aliphatic carbocycles. The molecule has 37 heavy (non-hydrogen) atoms. The van der Waals surface area contributed by atoms with Crippen molar-refractivity contribution in [2.75, 3.05) is 26.3 Å². The summed E-state index contributed by atoms with van der Waals surface area (Å²) in [7, 11) is 0. The van der Waals surface area contributed by atoms with Crippen LogP contribution in [0.4, 0.5) is 0 Å². The summed E-state index contributed by atoms with van der Waals surface area (Å²) in [6, 6.07) is 33.7. The molecule has 3 atom stereocenters. The lowest BCUT2D eigenvalue weighted by Gasteiger charge is -2.37. The van der Waals surface area contributed by atoms with Gasteiger partial charge >= 0.3 is 0 Å². The maximum atomic E-state index is 6.47. The molecule has 1 aliphatic rings. The second-order valence-electron chi connectivity index (χ2n) is 9.78. The first-order chi connectivity index (χ1) is 18.3. The normalized spacial score (nSPS) is 19.6. The monoisotopic (exact) mass is 494 g/mol.